The van der Waals surface area contributed by atoms with E-state index in [1.807, 2.05) is 55.1 Å². The van der Waals surface area contributed by atoms with Crippen LogP contribution in [0.25, 0.3) is 16.7 Å². The Morgan fingerprint density at radius 2 is 1.69 bits per heavy atom. The van der Waals surface area contributed by atoms with Gasteiger partial charge in [0.2, 0.25) is 5.91 Å². The van der Waals surface area contributed by atoms with Gasteiger partial charge in [0.05, 0.1) is 16.2 Å². The summed E-state index contributed by atoms with van der Waals surface area (Å²) < 4.78 is 1.52. The third kappa shape index (κ3) is 5.20. The predicted octanol–water partition coefficient (Wildman–Crippen LogP) is 3.91. The first-order valence-electron chi connectivity index (χ1n) is 12.2. The monoisotopic (exact) mass is 499 g/mol. The van der Waals surface area contributed by atoms with E-state index >= 15 is 0 Å². The SMILES string of the molecule is Cc1ccc(-n2c(SC(C)C(=O)N3CCN(Cc4ccccc4)CC3)nc3ccccc3c2=O)nc1. The molecule has 5 rings (SSSR count). The lowest BCUT2D eigenvalue weighted by Gasteiger charge is -2.35. The maximum absolute atomic E-state index is 13.4. The minimum atomic E-state index is -0.393. The molecule has 0 aliphatic carbocycles. The lowest BCUT2D eigenvalue weighted by molar-refractivity contribution is -0.132. The molecule has 7 nitrogen and oxygen atoms in total. The second-order valence-electron chi connectivity index (χ2n) is 9.09. The summed E-state index contributed by atoms with van der Waals surface area (Å²) in [5.74, 6) is 0.561. The topological polar surface area (TPSA) is 71.3 Å². The normalized spacial score (nSPS) is 15.2. The van der Waals surface area contributed by atoms with Crippen LogP contribution in [0.4, 0.5) is 0 Å². The van der Waals surface area contributed by atoms with Gasteiger partial charge in [0, 0.05) is 38.9 Å². The van der Waals surface area contributed by atoms with Gasteiger partial charge in [0.15, 0.2) is 5.16 Å². The van der Waals surface area contributed by atoms with Crippen LogP contribution in [0.2, 0.25) is 0 Å². The van der Waals surface area contributed by atoms with Gasteiger partial charge in [-0.1, -0.05) is 60.3 Å². The number of thioether (sulfide) groups is 1. The fourth-order valence-corrected chi connectivity index (χ4v) is 5.42. The zero-order valence-corrected chi connectivity index (χ0v) is 21.3. The summed E-state index contributed by atoms with van der Waals surface area (Å²) in [5.41, 5.74) is 2.71. The second-order valence-corrected chi connectivity index (χ2v) is 10.4. The highest BCUT2D eigenvalue weighted by molar-refractivity contribution is 8.00. The Hall–Kier alpha value is -3.49. The summed E-state index contributed by atoms with van der Waals surface area (Å²) >= 11 is 1.31. The molecule has 1 aliphatic rings. The number of aryl methyl sites for hydroxylation is 1. The molecule has 1 unspecified atom stereocenters. The van der Waals surface area contributed by atoms with Gasteiger partial charge in [-0.05, 0) is 43.2 Å². The fourth-order valence-electron chi connectivity index (χ4n) is 4.42. The first kappa shape index (κ1) is 24.2. The molecular weight excluding hydrogens is 470 g/mol. The molecule has 3 heterocycles. The average Bonchev–Trinajstić information content (AvgIpc) is 2.90. The van der Waals surface area contributed by atoms with Gasteiger partial charge >= 0.3 is 0 Å². The minimum absolute atomic E-state index is 0.0604. The molecule has 4 aromatic rings. The van der Waals surface area contributed by atoms with E-state index in [-0.39, 0.29) is 11.5 Å². The smallest absolute Gasteiger partial charge is 0.267 e. The van der Waals surface area contributed by atoms with Gasteiger partial charge in [-0.3, -0.25) is 14.5 Å². The van der Waals surface area contributed by atoms with Crippen molar-refractivity contribution in [3.05, 3.63) is 94.4 Å². The number of piperazine rings is 1. The molecular formula is C28H29N5O2S. The molecule has 1 atom stereocenters. The van der Waals surface area contributed by atoms with Crippen molar-refractivity contribution in [2.24, 2.45) is 0 Å². The van der Waals surface area contributed by atoms with Crippen molar-refractivity contribution >= 4 is 28.6 Å². The first-order valence-corrected chi connectivity index (χ1v) is 13.0. The fraction of sp³-hybridized carbons (Fsp3) is 0.286. The minimum Gasteiger partial charge on any atom is -0.339 e. The van der Waals surface area contributed by atoms with Crippen molar-refractivity contribution in [3.8, 4) is 5.82 Å². The Balaban J connectivity index is 1.34. The number of fused-ring (bicyclic) bond motifs is 1. The molecule has 36 heavy (non-hydrogen) atoms. The van der Waals surface area contributed by atoms with E-state index in [2.05, 4.69) is 34.1 Å². The van der Waals surface area contributed by atoms with Gasteiger partial charge < -0.3 is 4.90 Å². The number of carbonyl (C=O) groups excluding carboxylic acids is 1. The number of carbonyl (C=O) groups is 1. The van der Waals surface area contributed by atoms with Crippen LogP contribution >= 0.6 is 11.8 Å². The van der Waals surface area contributed by atoms with Gasteiger partial charge in [0.25, 0.3) is 5.56 Å². The highest BCUT2D eigenvalue weighted by Crippen LogP contribution is 2.26. The Labute approximate surface area is 214 Å². The van der Waals surface area contributed by atoms with E-state index in [1.165, 1.54) is 21.9 Å². The number of para-hydroxylation sites is 1. The summed E-state index contributed by atoms with van der Waals surface area (Å²) in [7, 11) is 0. The highest BCUT2D eigenvalue weighted by Gasteiger charge is 2.27. The van der Waals surface area contributed by atoms with E-state index < -0.39 is 5.25 Å². The van der Waals surface area contributed by atoms with Gasteiger partial charge in [-0.2, -0.15) is 0 Å². The standard InChI is InChI=1S/C28H29N5O2S/c1-20-12-13-25(29-18-20)33-27(35)23-10-6-7-11-24(23)30-28(33)36-21(2)26(34)32-16-14-31(15-17-32)19-22-8-4-3-5-9-22/h3-13,18,21H,14-17,19H2,1-2H3. The van der Waals surface area contributed by atoms with Crippen LogP contribution in [-0.4, -0.2) is 61.7 Å². The van der Waals surface area contributed by atoms with Crippen LogP contribution in [0.3, 0.4) is 0 Å². The van der Waals surface area contributed by atoms with E-state index in [9.17, 15) is 9.59 Å². The van der Waals surface area contributed by atoms with Crippen LogP contribution < -0.4 is 5.56 Å². The number of nitrogens with zero attached hydrogens (tertiary/aromatic N) is 5. The van der Waals surface area contributed by atoms with Crippen molar-refractivity contribution in [2.75, 3.05) is 26.2 Å². The summed E-state index contributed by atoms with van der Waals surface area (Å²) in [6, 6.07) is 21.4. The molecule has 8 heteroatoms. The third-order valence-corrected chi connectivity index (χ3v) is 7.47. The van der Waals surface area contributed by atoms with E-state index in [4.69, 9.17) is 4.98 Å². The quantitative estimate of drug-likeness (QED) is 0.296. The van der Waals surface area contributed by atoms with Gasteiger partial charge in [-0.15, -0.1) is 0 Å². The molecule has 2 aromatic heterocycles. The Morgan fingerprint density at radius 1 is 0.972 bits per heavy atom. The van der Waals surface area contributed by atoms with Gasteiger partial charge in [-0.25, -0.2) is 14.5 Å². The maximum atomic E-state index is 13.4. The number of amides is 1. The van der Waals surface area contributed by atoms with Crippen LogP contribution in [0.5, 0.6) is 0 Å². The lowest BCUT2D eigenvalue weighted by Crippen LogP contribution is -2.50. The largest absolute Gasteiger partial charge is 0.339 e. The van der Waals surface area contributed by atoms with Gasteiger partial charge in [0.1, 0.15) is 5.82 Å². The third-order valence-electron chi connectivity index (χ3n) is 6.43. The predicted molar refractivity (Wildman–Crippen MR) is 143 cm³/mol. The first-order chi connectivity index (χ1) is 17.5. The van der Waals surface area contributed by atoms with Crippen molar-refractivity contribution in [1.29, 1.82) is 0 Å². The molecule has 2 aromatic carbocycles. The molecule has 1 aliphatic heterocycles. The van der Waals surface area contributed by atoms with Crippen LogP contribution in [0.15, 0.2) is 82.9 Å². The van der Waals surface area contributed by atoms with Crippen LogP contribution in [0.1, 0.15) is 18.1 Å². The number of hydrogen-bond acceptors (Lipinski definition) is 6. The molecule has 1 fully saturated rings. The van der Waals surface area contributed by atoms with Crippen LogP contribution in [-0.2, 0) is 11.3 Å². The molecule has 0 spiro atoms. The summed E-state index contributed by atoms with van der Waals surface area (Å²) in [6.07, 6.45) is 1.73. The highest BCUT2D eigenvalue weighted by atomic mass is 32.2. The number of aromatic nitrogens is 3. The molecule has 0 radical (unpaired) electrons. The van der Waals surface area contributed by atoms with Crippen molar-refractivity contribution in [3.63, 3.8) is 0 Å². The van der Waals surface area contributed by atoms with E-state index in [0.29, 0.717) is 35.0 Å². The summed E-state index contributed by atoms with van der Waals surface area (Å²) in [5, 5.41) is 0.604. The Morgan fingerprint density at radius 3 is 2.42 bits per heavy atom. The molecule has 0 bridgehead atoms. The van der Waals surface area contributed by atoms with E-state index in [1.54, 1.807) is 12.3 Å². The summed E-state index contributed by atoms with van der Waals surface area (Å²) in [6.45, 7) is 7.78. The molecule has 1 saturated heterocycles. The van der Waals surface area contributed by atoms with Crippen molar-refractivity contribution in [2.45, 2.75) is 30.8 Å². The Bertz CT molecular complexity index is 1410. The zero-order chi connectivity index (χ0) is 25.1. The second kappa shape index (κ2) is 10.6. The maximum Gasteiger partial charge on any atom is 0.267 e. The zero-order valence-electron chi connectivity index (χ0n) is 20.5. The molecule has 0 N–H and O–H groups in total. The molecule has 1 amide bonds. The average molecular weight is 500 g/mol. The molecule has 0 saturated carbocycles. The molecule has 184 valence electrons. The lowest BCUT2D eigenvalue weighted by atomic mass is 10.2. The number of benzene rings is 2. The number of pyridine rings is 1. The van der Waals surface area contributed by atoms with Crippen molar-refractivity contribution in [1.82, 2.24) is 24.3 Å². The Kier molecular flexibility index (Phi) is 7.16. The number of rotatable bonds is 6. The number of hydrogen-bond donors (Lipinski definition) is 0. The summed E-state index contributed by atoms with van der Waals surface area (Å²) in [4.78, 5) is 40.3. The van der Waals surface area contributed by atoms with Crippen molar-refractivity contribution < 1.29 is 4.79 Å². The van der Waals surface area contributed by atoms with Crippen LogP contribution in [0, 0.1) is 6.92 Å². The van der Waals surface area contributed by atoms with E-state index in [0.717, 1.165) is 25.2 Å².